The van der Waals surface area contributed by atoms with E-state index in [-0.39, 0.29) is 22.7 Å². The fourth-order valence-corrected chi connectivity index (χ4v) is 5.32. The number of hydrogen-bond donors (Lipinski definition) is 0. The Morgan fingerprint density at radius 2 is 1.76 bits per heavy atom. The van der Waals surface area contributed by atoms with Crippen LogP contribution < -0.4 is 5.56 Å². The Morgan fingerprint density at radius 1 is 1.09 bits per heavy atom. The van der Waals surface area contributed by atoms with Crippen molar-refractivity contribution >= 4 is 56.2 Å². The summed E-state index contributed by atoms with van der Waals surface area (Å²) < 4.78 is 29.5. The van der Waals surface area contributed by atoms with Gasteiger partial charge in [-0.25, -0.2) is 0 Å². The van der Waals surface area contributed by atoms with Crippen molar-refractivity contribution in [3.8, 4) is 5.69 Å². The van der Waals surface area contributed by atoms with Crippen molar-refractivity contribution in [3.63, 3.8) is 0 Å². The molecular weight excluding hydrogens is 575 g/mol. The van der Waals surface area contributed by atoms with Crippen LogP contribution >= 0.6 is 28.3 Å². The number of benzene rings is 2. The average molecular weight is 595 g/mol. The molecule has 33 heavy (non-hydrogen) atoms. The Kier molecular flexibility index (Phi) is 7.03. The summed E-state index contributed by atoms with van der Waals surface area (Å²) in [6.07, 6.45) is 4.35. The molecule has 0 saturated heterocycles. The van der Waals surface area contributed by atoms with E-state index in [0.29, 0.717) is 39.2 Å². The van der Waals surface area contributed by atoms with Crippen molar-refractivity contribution in [2.24, 2.45) is 0 Å². The van der Waals surface area contributed by atoms with Crippen LogP contribution in [0.15, 0.2) is 64.0 Å². The molecule has 170 valence electrons. The van der Waals surface area contributed by atoms with E-state index in [9.17, 15) is 13.6 Å². The normalized spacial score (nSPS) is 14.2. The molecule has 0 N–H and O–H groups in total. The third kappa shape index (κ3) is 5.06. The molecule has 0 aliphatic heterocycles. The molecule has 1 aliphatic rings. The van der Waals surface area contributed by atoms with Crippen molar-refractivity contribution in [2.75, 3.05) is 0 Å². The first kappa shape index (κ1) is 24.1. The van der Waals surface area contributed by atoms with Crippen LogP contribution in [0.5, 0.6) is 0 Å². The van der Waals surface area contributed by atoms with E-state index >= 15 is 0 Å². The molecule has 9 heteroatoms. The molecule has 1 fully saturated rings. The molecule has 0 radical (unpaired) electrons. The Balaban J connectivity index is 0.00000259. The fourth-order valence-electron chi connectivity index (χ4n) is 3.95. The van der Waals surface area contributed by atoms with Gasteiger partial charge in [-0.3, -0.25) is 0 Å². The van der Waals surface area contributed by atoms with Crippen LogP contribution in [-0.2, 0) is 6.42 Å². The number of hydrogen-bond acceptors (Lipinski definition) is 3. The maximum atomic E-state index is 13.7. The van der Waals surface area contributed by atoms with E-state index in [4.69, 9.17) is 4.98 Å². The number of rotatable bonds is 5. The molecule has 2 aromatic carbocycles. The summed E-state index contributed by atoms with van der Waals surface area (Å²) in [4.78, 5) is 22.6. The molecule has 2 heterocycles. The number of fused-ring (bicyclic) bond motifs is 1. The van der Waals surface area contributed by atoms with Crippen LogP contribution in [0.1, 0.15) is 40.4 Å². The van der Waals surface area contributed by atoms with Gasteiger partial charge in [-0.2, -0.15) is 0 Å². The van der Waals surface area contributed by atoms with Gasteiger partial charge in [0, 0.05) is 0 Å². The molecule has 5 rings (SSSR count). The Bertz CT molecular complexity index is 1370. The minimum absolute atomic E-state index is 0. The first-order valence-electron chi connectivity index (χ1n) is 10.3. The zero-order chi connectivity index (χ0) is 22.4. The van der Waals surface area contributed by atoms with E-state index in [0.717, 1.165) is 11.8 Å². The van der Waals surface area contributed by atoms with Crippen molar-refractivity contribution in [1.82, 2.24) is 14.5 Å². The van der Waals surface area contributed by atoms with E-state index in [1.807, 2.05) is 12.1 Å². The molecule has 0 bridgehead atoms. The topological polar surface area (TPSA) is 47.8 Å². The van der Waals surface area contributed by atoms with Crippen molar-refractivity contribution in [2.45, 2.75) is 29.9 Å². The number of pyridine rings is 1. The summed E-state index contributed by atoms with van der Waals surface area (Å²) in [5, 5.41) is 0.408. The zero-order valence-corrected chi connectivity index (χ0v) is 22.2. The van der Waals surface area contributed by atoms with Gasteiger partial charge in [-0.05, 0) is 0 Å². The monoisotopic (exact) mass is 593 g/mol. The first-order chi connectivity index (χ1) is 15.4. The predicted octanol–water partition coefficient (Wildman–Crippen LogP) is 5.04. The van der Waals surface area contributed by atoms with E-state index in [1.54, 1.807) is 16.8 Å². The second-order valence-corrected chi connectivity index (χ2v) is 10.7. The molecule has 0 spiro atoms. The zero-order valence-electron chi connectivity index (χ0n) is 17.3. The summed E-state index contributed by atoms with van der Waals surface area (Å²) >= 11 is 4.70. The third-order valence-electron chi connectivity index (χ3n) is 5.63. The summed E-state index contributed by atoms with van der Waals surface area (Å²) in [5.41, 5.74) is 2.65. The summed E-state index contributed by atoms with van der Waals surface area (Å²) in [6, 6.07) is 13.2. The van der Waals surface area contributed by atoms with Gasteiger partial charge in [0.1, 0.15) is 0 Å². The number of halogens is 4. The molecular formula is C24H20AsBrClF2N3O. The standard InChI is InChI=1S/C24H19AsBrF2N3O.ClH/c25-21(9-13-7-17(27)11-18(28)8-13)23-30-22-20(10-16(26)12-29-22)24(32)31(23)19-5-3-15(4-6-19)14-1-2-14;/h3-8,10-12,14,21H,1-2,9,25H2;1H/t21-;/m0./s1. The van der Waals surface area contributed by atoms with Crippen molar-refractivity contribution < 1.29 is 8.78 Å². The van der Waals surface area contributed by atoms with Gasteiger partial charge in [-0.1, -0.05) is 0 Å². The van der Waals surface area contributed by atoms with Crippen LogP contribution in [0, 0.1) is 11.6 Å². The minimum atomic E-state index is -0.620. The molecule has 2 atom stereocenters. The SMILES string of the molecule is Cl.O=c1c2cc(Br)cnc2nc([C@@H]([AsH2])Cc2cc(F)cc(F)c2)n1-c1ccc(C2CC2)cc1. The van der Waals surface area contributed by atoms with Crippen molar-refractivity contribution in [3.05, 3.63) is 98.1 Å². The van der Waals surface area contributed by atoms with Gasteiger partial charge in [-0.15, -0.1) is 12.4 Å². The molecule has 0 amide bonds. The fraction of sp³-hybridized carbons (Fsp3) is 0.208. The van der Waals surface area contributed by atoms with Gasteiger partial charge in [0.2, 0.25) is 0 Å². The summed E-state index contributed by atoms with van der Waals surface area (Å²) in [7, 11) is 0. The number of nitrogens with zero attached hydrogens (tertiary/aromatic N) is 3. The molecule has 4 nitrogen and oxygen atoms in total. The van der Waals surface area contributed by atoms with Gasteiger partial charge in [0.15, 0.2) is 0 Å². The predicted molar refractivity (Wildman–Crippen MR) is 133 cm³/mol. The van der Waals surface area contributed by atoms with Gasteiger partial charge in [0.25, 0.3) is 0 Å². The molecule has 2 aromatic heterocycles. The summed E-state index contributed by atoms with van der Waals surface area (Å²) in [6.45, 7) is 0. The quantitative estimate of drug-likeness (QED) is 0.305. The number of aromatic nitrogens is 3. The van der Waals surface area contributed by atoms with Crippen molar-refractivity contribution in [1.29, 1.82) is 0 Å². The maximum absolute atomic E-state index is 13.7. The molecule has 1 saturated carbocycles. The first-order valence-corrected chi connectivity index (χ1v) is 12.5. The average Bonchev–Trinajstić information content (AvgIpc) is 3.59. The second kappa shape index (κ2) is 9.65. The second-order valence-electron chi connectivity index (χ2n) is 8.09. The van der Waals surface area contributed by atoms with E-state index in [1.165, 1.54) is 47.4 Å². The van der Waals surface area contributed by atoms with Crippen LogP contribution in [0.2, 0.25) is 0 Å². The summed E-state index contributed by atoms with van der Waals surface area (Å²) in [5.74, 6) is -0.0992. The Labute approximate surface area is 212 Å². The Morgan fingerprint density at radius 3 is 2.39 bits per heavy atom. The van der Waals surface area contributed by atoms with Gasteiger partial charge >= 0.3 is 201 Å². The van der Waals surface area contributed by atoms with E-state index in [2.05, 4.69) is 33.0 Å². The van der Waals surface area contributed by atoms with Crippen LogP contribution in [0.4, 0.5) is 8.78 Å². The van der Waals surface area contributed by atoms with E-state index < -0.39 is 11.6 Å². The van der Waals surface area contributed by atoms with Crippen LogP contribution in [0.25, 0.3) is 16.7 Å². The molecule has 4 aromatic rings. The molecule has 1 aliphatic carbocycles. The van der Waals surface area contributed by atoms with Crippen LogP contribution in [-0.4, -0.2) is 31.4 Å². The van der Waals surface area contributed by atoms with Crippen LogP contribution in [0.3, 0.4) is 0 Å². The Hall–Kier alpha value is -2.08. The van der Waals surface area contributed by atoms with Gasteiger partial charge < -0.3 is 0 Å². The molecule has 1 unspecified atom stereocenters. The van der Waals surface area contributed by atoms with Gasteiger partial charge in [0.05, 0.1) is 0 Å². The third-order valence-corrected chi connectivity index (χ3v) is 7.18.